The molecule has 0 aliphatic heterocycles. The van der Waals surface area contributed by atoms with E-state index >= 15 is 0 Å². The standard InChI is InChI=1S/C18H25NO3/c1-4-11-19(14-7-5-6-8-14)17(18(20)21)15-12-13(2)9-10-16(15)22-3/h4,9-10,12,14,17H,1,5-8,11H2,2-3H3,(H,20,21)/t17-/m1/s1. The van der Waals surface area contributed by atoms with E-state index < -0.39 is 12.0 Å². The van der Waals surface area contributed by atoms with Gasteiger partial charge in [0.15, 0.2) is 0 Å². The SMILES string of the molecule is C=CCN(C1CCCC1)[C@@H](C(=O)O)c1cc(C)ccc1OC. The zero-order valence-electron chi connectivity index (χ0n) is 13.4. The Labute approximate surface area is 132 Å². The van der Waals surface area contributed by atoms with Gasteiger partial charge >= 0.3 is 5.97 Å². The number of hydrogen-bond donors (Lipinski definition) is 1. The van der Waals surface area contributed by atoms with Crippen molar-refractivity contribution in [1.29, 1.82) is 0 Å². The smallest absolute Gasteiger partial charge is 0.325 e. The molecular formula is C18H25NO3. The fraction of sp³-hybridized carbons (Fsp3) is 0.500. The molecule has 0 aromatic heterocycles. The lowest BCUT2D eigenvalue weighted by molar-refractivity contribution is -0.144. The zero-order valence-corrected chi connectivity index (χ0v) is 13.4. The molecule has 0 spiro atoms. The summed E-state index contributed by atoms with van der Waals surface area (Å²) in [4.78, 5) is 14.1. The third-order valence-corrected chi connectivity index (χ3v) is 4.38. The minimum absolute atomic E-state index is 0.296. The van der Waals surface area contributed by atoms with Gasteiger partial charge in [-0.1, -0.05) is 36.6 Å². The summed E-state index contributed by atoms with van der Waals surface area (Å²) in [7, 11) is 1.58. The van der Waals surface area contributed by atoms with Crippen molar-refractivity contribution in [2.24, 2.45) is 0 Å². The summed E-state index contributed by atoms with van der Waals surface area (Å²) in [5.74, 6) is -0.206. The summed E-state index contributed by atoms with van der Waals surface area (Å²) in [5.41, 5.74) is 1.76. The average molecular weight is 303 g/mol. The number of carboxylic acids is 1. The van der Waals surface area contributed by atoms with E-state index in [9.17, 15) is 9.90 Å². The van der Waals surface area contributed by atoms with E-state index in [2.05, 4.69) is 11.5 Å². The molecule has 1 fully saturated rings. The van der Waals surface area contributed by atoms with Crippen LogP contribution >= 0.6 is 0 Å². The maximum atomic E-state index is 12.0. The van der Waals surface area contributed by atoms with Gasteiger partial charge in [-0.15, -0.1) is 6.58 Å². The lowest BCUT2D eigenvalue weighted by Gasteiger charge is -2.34. The quantitative estimate of drug-likeness (QED) is 0.783. The molecule has 1 aromatic rings. The number of benzene rings is 1. The van der Waals surface area contributed by atoms with Crippen molar-refractivity contribution in [2.75, 3.05) is 13.7 Å². The van der Waals surface area contributed by atoms with Crippen LogP contribution in [-0.2, 0) is 4.79 Å². The molecule has 2 rings (SSSR count). The predicted molar refractivity (Wildman–Crippen MR) is 87.3 cm³/mol. The van der Waals surface area contributed by atoms with Crippen molar-refractivity contribution in [3.63, 3.8) is 0 Å². The lowest BCUT2D eigenvalue weighted by Crippen LogP contribution is -2.41. The number of aliphatic carboxylic acids is 1. The second-order valence-electron chi connectivity index (χ2n) is 5.91. The van der Waals surface area contributed by atoms with Crippen molar-refractivity contribution in [3.8, 4) is 5.75 Å². The molecule has 0 saturated heterocycles. The van der Waals surface area contributed by atoms with E-state index in [0.717, 1.165) is 36.8 Å². The van der Waals surface area contributed by atoms with Crippen LogP contribution < -0.4 is 4.74 Å². The van der Waals surface area contributed by atoms with Gasteiger partial charge in [0, 0.05) is 18.2 Å². The maximum absolute atomic E-state index is 12.0. The summed E-state index contributed by atoms with van der Waals surface area (Å²) in [6.45, 7) is 6.34. The van der Waals surface area contributed by atoms with Gasteiger partial charge in [-0.2, -0.15) is 0 Å². The van der Waals surface area contributed by atoms with Crippen LogP contribution in [0.3, 0.4) is 0 Å². The molecule has 1 saturated carbocycles. The van der Waals surface area contributed by atoms with Gasteiger partial charge in [0.1, 0.15) is 11.8 Å². The van der Waals surface area contributed by atoms with Gasteiger partial charge in [-0.25, -0.2) is 0 Å². The summed E-state index contributed by atoms with van der Waals surface area (Å²) >= 11 is 0. The molecule has 0 amide bonds. The third kappa shape index (κ3) is 3.50. The minimum Gasteiger partial charge on any atom is -0.496 e. The van der Waals surface area contributed by atoms with Crippen LogP contribution in [0.5, 0.6) is 5.75 Å². The van der Waals surface area contributed by atoms with E-state index in [-0.39, 0.29) is 0 Å². The number of aryl methyl sites for hydroxylation is 1. The molecule has 4 heteroatoms. The molecule has 22 heavy (non-hydrogen) atoms. The lowest BCUT2D eigenvalue weighted by atomic mass is 9.99. The Hall–Kier alpha value is -1.81. The van der Waals surface area contributed by atoms with E-state index in [4.69, 9.17) is 4.74 Å². The largest absolute Gasteiger partial charge is 0.496 e. The molecular weight excluding hydrogens is 278 g/mol. The Morgan fingerprint density at radius 1 is 1.50 bits per heavy atom. The molecule has 0 unspecified atom stereocenters. The van der Waals surface area contributed by atoms with Crippen LogP contribution in [-0.4, -0.2) is 35.7 Å². The third-order valence-electron chi connectivity index (χ3n) is 4.38. The summed E-state index contributed by atoms with van der Waals surface area (Å²) in [6, 6.07) is 5.30. The highest BCUT2D eigenvalue weighted by Gasteiger charge is 2.35. The van der Waals surface area contributed by atoms with Crippen LogP contribution in [0.4, 0.5) is 0 Å². The van der Waals surface area contributed by atoms with Gasteiger partial charge in [0.05, 0.1) is 7.11 Å². The Morgan fingerprint density at radius 3 is 2.73 bits per heavy atom. The highest BCUT2D eigenvalue weighted by atomic mass is 16.5. The molecule has 0 heterocycles. The van der Waals surface area contributed by atoms with Crippen LogP contribution in [0.2, 0.25) is 0 Å². The van der Waals surface area contributed by atoms with Gasteiger partial charge in [0.2, 0.25) is 0 Å². The van der Waals surface area contributed by atoms with Crippen LogP contribution in [0.25, 0.3) is 0 Å². The van der Waals surface area contributed by atoms with E-state index in [0.29, 0.717) is 18.3 Å². The monoisotopic (exact) mass is 303 g/mol. The number of carboxylic acid groups (broad SMARTS) is 1. The van der Waals surface area contributed by atoms with Crippen LogP contribution in [0, 0.1) is 6.92 Å². The van der Waals surface area contributed by atoms with Gasteiger partial charge in [-0.3, -0.25) is 9.69 Å². The molecule has 120 valence electrons. The van der Waals surface area contributed by atoms with Gasteiger partial charge in [0.25, 0.3) is 0 Å². The summed E-state index contributed by atoms with van der Waals surface area (Å²) < 4.78 is 5.41. The molecule has 0 bridgehead atoms. The maximum Gasteiger partial charge on any atom is 0.325 e. The van der Waals surface area contributed by atoms with Crippen molar-refractivity contribution in [2.45, 2.75) is 44.7 Å². The summed E-state index contributed by atoms with van der Waals surface area (Å²) in [6.07, 6.45) is 6.21. The van der Waals surface area contributed by atoms with Crippen molar-refractivity contribution in [3.05, 3.63) is 42.0 Å². The molecule has 1 N–H and O–H groups in total. The predicted octanol–water partition coefficient (Wildman–Crippen LogP) is 3.56. The Bertz CT molecular complexity index is 535. The fourth-order valence-corrected chi connectivity index (χ4v) is 3.37. The first-order valence-corrected chi connectivity index (χ1v) is 7.82. The minimum atomic E-state index is -0.836. The van der Waals surface area contributed by atoms with Gasteiger partial charge in [-0.05, 0) is 25.8 Å². The zero-order chi connectivity index (χ0) is 16.1. The second kappa shape index (κ2) is 7.45. The number of ether oxygens (including phenoxy) is 1. The second-order valence-corrected chi connectivity index (χ2v) is 5.91. The highest BCUT2D eigenvalue weighted by Crippen LogP contribution is 2.35. The molecule has 0 radical (unpaired) electrons. The number of methoxy groups -OCH3 is 1. The Balaban J connectivity index is 2.45. The number of rotatable bonds is 7. The average Bonchev–Trinajstić information content (AvgIpc) is 3.00. The normalized spacial score (nSPS) is 16.7. The van der Waals surface area contributed by atoms with Crippen LogP contribution in [0.1, 0.15) is 42.9 Å². The first kappa shape index (κ1) is 16.6. The molecule has 1 aliphatic rings. The van der Waals surface area contributed by atoms with E-state index in [1.807, 2.05) is 25.1 Å². The summed E-state index contributed by atoms with van der Waals surface area (Å²) in [5, 5.41) is 9.86. The van der Waals surface area contributed by atoms with Crippen molar-refractivity contribution in [1.82, 2.24) is 4.90 Å². The fourth-order valence-electron chi connectivity index (χ4n) is 3.37. The number of hydrogen-bond acceptors (Lipinski definition) is 3. The van der Waals surface area contributed by atoms with Crippen molar-refractivity contribution >= 4 is 5.97 Å². The molecule has 1 aromatic carbocycles. The highest BCUT2D eigenvalue weighted by molar-refractivity contribution is 5.77. The van der Waals surface area contributed by atoms with E-state index in [1.54, 1.807) is 13.2 Å². The number of nitrogens with zero attached hydrogens (tertiary/aromatic N) is 1. The van der Waals surface area contributed by atoms with E-state index in [1.165, 1.54) is 0 Å². The Morgan fingerprint density at radius 2 is 2.18 bits per heavy atom. The Kier molecular flexibility index (Phi) is 5.61. The molecule has 1 atom stereocenters. The first-order chi connectivity index (χ1) is 10.6. The molecule has 1 aliphatic carbocycles. The van der Waals surface area contributed by atoms with Crippen molar-refractivity contribution < 1.29 is 14.6 Å². The number of carbonyl (C=O) groups is 1. The topological polar surface area (TPSA) is 49.8 Å². The van der Waals surface area contributed by atoms with Gasteiger partial charge < -0.3 is 9.84 Å². The van der Waals surface area contributed by atoms with Crippen LogP contribution in [0.15, 0.2) is 30.9 Å². The molecule has 4 nitrogen and oxygen atoms in total. The first-order valence-electron chi connectivity index (χ1n) is 7.82.